The topological polar surface area (TPSA) is 86.8 Å². The van der Waals surface area contributed by atoms with Gasteiger partial charge in [-0.2, -0.15) is 0 Å². The summed E-state index contributed by atoms with van der Waals surface area (Å²) in [7, 11) is -3.76. The van der Waals surface area contributed by atoms with Crippen molar-refractivity contribution in [1.82, 2.24) is 10.2 Å². The molecule has 0 bridgehead atoms. The Bertz CT molecular complexity index is 1110. The van der Waals surface area contributed by atoms with Crippen LogP contribution < -0.4 is 9.62 Å². The van der Waals surface area contributed by atoms with Crippen LogP contribution in [0.1, 0.15) is 65.5 Å². The van der Waals surface area contributed by atoms with Gasteiger partial charge in [-0.3, -0.25) is 13.9 Å². The van der Waals surface area contributed by atoms with Crippen LogP contribution >= 0.6 is 0 Å². The molecule has 0 saturated heterocycles. The number of carbonyl (C=O) groups excluding carboxylic acids is 2. The van der Waals surface area contributed by atoms with Crippen molar-refractivity contribution in [2.24, 2.45) is 0 Å². The molecule has 0 heterocycles. The highest BCUT2D eigenvalue weighted by molar-refractivity contribution is 7.92. The number of anilines is 1. The maximum atomic E-state index is 13.7. The lowest BCUT2D eigenvalue weighted by atomic mass is 9.87. The van der Waals surface area contributed by atoms with Gasteiger partial charge in [0.15, 0.2) is 0 Å². The fourth-order valence-corrected chi connectivity index (χ4v) is 4.73. The minimum atomic E-state index is -3.76. The van der Waals surface area contributed by atoms with E-state index < -0.39 is 28.5 Å². The first-order chi connectivity index (χ1) is 16.8. The second-order valence-corrected chi connectivity index (χ2v) is 12.2. The van der Waals surface area contributed by atoms with Crippen LogP contribution in [0, 0.1) is 0 Å². The molecule has 2 amide bonds. The van der Waals surface area contributed by atoms with Crippen LogP contribution in [0.3, 0.4) is 0 Å². The van der Waals surface area contributed by atoms with E-state index in [2.05, 4.69) is 26.1 Å². The molecule has 0 spiro atoms. The average molecular weight is 516 g/mol. The number of hydrogen-bond donors (Lipinski definition) is 1. The molecular formula is C28H41N3O4S. The SMILES string of the molecule is CC[C@H](C)NC(=O)[C@H](CC)N(Cc1ccccc1)C(=O)CN(c1ccc(C(C)(C)C)cc1)S(C)(=O)=O. The maximum absolute atomic E-state index is 13.7. The van der Waals surface area contributed by atoms with Gasteiger partial charge in [-0.1, -0.05) is 77.1 Å². The molecule has 1 N–H and O–H groups in total. The predicted molar refractivity (Wildman–Crippen MR) is 146 cm³/mol. The minimum Gasteiger partial charge on any atom is -0.352 e. The first kappa shape index (κ1) is 29.4. The Labute approximate surface area is 216 Å². The predicted octanol–water partition coefficient (Wildman–Crippen LogP) is 4.47. The van der Waals surface area contributed by atoms with Crippen molar-refractivity contribution in [1.29, 1.82) is 0 Å². The van der Waals surface area contributed by atoms with Gasteiger partial charge in [0.05, 0.1) is 11.9 Å². The van der Waals surface area contributed by atoms with Crippen molar-refractivity contribution < 1.29 is 18.0 Å². The largest absolute Gasteiger partial charge is 0.352 e. The summed E-state index contributed by atoms with van der Waals surface area (Å²) < 4.78 is 26.6. The molecule has 2 atom stereocenters. The Morgan fingerprint density at radius 2 is 1.53 bits per heavy atom. The lowest BCUT2D eigenvalue weighted by molar-refractivity contribution is -0.140. The molecule has 0 unspecified atom stereocenters. The number of amides is 2. The number of benzene rings is 2. The molecule has 0 aliphatic rings. The van der Waals surface area contributed by atoms with Gasteiger partial charge in [0.25, 0.3) is 0 Å². The van der Waals surface area contributed by atoms with Crippen molar-refractivity contribution >= 4 is 27.5 Å². The van der Waals surface area contributed by atoms with Gasteiger partial charge in [0.1, 0.15) is 12.6 Å². The second kappa shape index (κ2) is 12.4. The summed E-state index contributed by atoms with van der Waals surface area (Å²) in [6.07, 6.45) is 2.26. The summed E-state index contributed by atoms with van der Waals surface area (Å²) in [4.78, 5) is 28.3. The van der Waals surface area contributed by atoms with Crippen LogP contribution in [-0.2, 0) is 31.6 Å². The molecule has 36 heavy (non-hydrogen) atoms. The van der Waals surface area contributed by atoms with Crippen LogP contribution in [0.5, 0.6) is 0 Å². The third kappa shape index (κ3) is 8.08. The van der Waals surface area contributed by atoms with E-state index in [-0.39, 0.29) is 23.9 Å². The molecule has 0 aliphatic carbocycles. The number of sulfonamides is 1. The van der Waals surface area contributed by atoms with E-state index >= 15 is 0 Å². The first-order valence-electron chi connectivity index (χ1n) is 12.5. The summed E-state index contributed by atoms with van der Waals surface area (Å²) >= 11 is 0. The lowest BCUT2D eigenvalue weighted by Gasteiger charge is -2.33. The quantitative estimate of drug-likeness (QED) is 0.478. The summed E-state index contributed by atoms with van der Waals surface area (Å²) in [5.74, 6) is -0.674. The van der Waals surface area contributed by atoms with Crippen molar-refractivity contribution in [3.63, 3.8) is 0 Å². The zero-order valence-corrected chi connectivity index (χ0v) is 23.4. The third-order valence-corrected chi connectivity index (χ3v) is 7.42. The van der Waals surface area contributed by atoms with E-state index in [1.54, 1.807) is 12.1 Å². The molecule has 2 rings (SSSR count). The Hall–Kier alpha value is -2.87. The third-order valence-electron chi connectivity index (χ3n) is 6.28. The number of rotatable bonds is 11. The summed E-state index contributed by atoms with van der Waals surface area (Å²) in [6, 6.07) is 15.9. The standard InChI is InChI=1S/C28H41N3O4S/c1-8-21(3)29-27(33)25(9-2)30(19-22-13-11-10-12-14-22)26(32)20-31(36(7,34)35)24-17-15-23(16-18-24)28(4,5)6/h10-18,21,25H,8-9,19-20H2,1-7H3,(H,29,33)/t21-,25-/m0/s1. The van der Waals surface area contributed by atoms with Gasteiger partial charge in [-0.25, -0.2) is 8.42 Å². The zero-order chi connectivity index (χ0) is 27.1. The summed E-state index contributed by atoms with van der Waals surface area (Å²) in [5.41, 5.74) is 2.25. The number of nitrogens with zero attached hydrogens (tertiary/aromatic N) is 2. The van der Waals surface area contributed by atoms with Crippen molar-refractivity contribution in [3.05, 3.63) is 65.7 Å². The maximum Gasteiger partial charge on any atom is 0.244 e. The molecule has 0 radical (unpaired) electrons. The molecular weight excluding hydrogens is 474 g/mol. The molecule has 8 heteroatoms. The fraction of sp³-hybridized carbons (Fsp3) is 0.500. The highest BCUT2D eigenvalue weighted by Crippen LogP contribution is 2.26. The van der Waals surface area contributed by atoms with E-state index in [1.807, 2.05) is 63.2 Å². The van der Waals surface area contributed by atoms with Gasteiger partial charge in [-0.15, -0.1) is 0 Å². The molecule has 0 aliphatic heterocycles. The number of hydrogen-bond acceptors (Lipinski definition) is 4. The first-order valence-corrected chi connectivity index (χ1v) is 14.3. The highest BCUT2D eigenvalue weighted by atomic mass is 32.2. The molecule has 2 aromatic carbocycles. The van der Waals surface area contributed by atoms with Crippen LogP contribution in [-0.4, -0.2) is 50.0 Å². The number of nitrogens with one attached hydrogen (secondary N) is 1. The minimum absolute atomic E-state index is 0.0333. The van der Waals surface area contributed by atoms with Crippen LogP contribution in [0.25, 0.3) is 0 Å². The Morgan fingerprint density at radius 3 is 2.00 bits per heavy atom. The zero-order valence-electron chi connectivity index (χ0n) is 22.6. The molecule has 198 valence electrons. The Kier molecular flexibility index (Phi) is 10.1. The monoisotopic (exact) mass is 515 g/mol. The normalized spacial score (nSPS) is 13.5. The van der Waals surface area contributed by atoms with Crippen LogP contribution in [0.2, 0.25) is 0 Å². The van der Waals surface area contributed by atoms with E-state index in [0.29, 0.717) is 12.1 Å². The fourth-order valence-electron chi connectivity index (χ4n) is 3.88. The van der Waals surface area contributed by atoms with E-state index in [0.717, 1.165) is 28.1 Å². The van der Waals surface area contributed by atoms with Gasteiger partial charge in [-0.05, 0) is 48.4 Å². The van der Waals surface area contributed by atoms with Gasteiger partial charge in [0.2, 0.25) is 21.8 Å². The average Bonchev–Trinajstić information content (AvgIpc) is 2.81. The van der Waals surface area contributed by atoms with Gasteiger partial charge in [0, 0.05) is 12.6 Å². The van der Waals surface area contributed by atoms with E-state index in [1.165, 1.54) is 4.90 Å². The van der Waals surface area contributed by atoms with Crippen molar-refractivity contribution in [2.45, 2.75) is 78.4 Å². The van der Waals surface area contributed by atoms with Crippen LogP contribution in [0.4, 0.5) is 5.69 Å². The van der Waals surface area contributed by atoms with Crippen LogP contribution in [0.15, 0.2) is 54.6 Å². The lowest BCUT2D eigenvalue weighted by Crippen LogP contribution is -2.53. The second-order valence-electron chi connectivity index (χ2n) is 10.3. The number of carbonyl (C=O) groups is 2. The molecule has 0 saturated carbocycles. The Balaban J connectivity index is 2.42. The smallest absolute Gasteiger partial charge is 0.244 e. The van der Waals surface area contributed by atoms with E-state index in [9.17, 15) is 18.0 Å². The van der Waals surface area contributed by atoms with Gasteiger partial charge >= 0.3 is 0 Å². The Morgan fingerprint density at radius 1 is 0.944 bits per heavy atom. The van der Waals surface area contributed by atoms with E-state index in [4.69, 9.17) is 0 Å². The van der Waals surface area contributed by atoms with Crippen molar-refractivity contribution in [2.75, 3.05) is 17.1 Å². The molecule has 0 fully saturated rings. The van der Waals surface area contributed by atoms with Crippen molar-refractivity contribution in [3.8, 4) is 0 Å². The summed E-state index contributed by atoms with van der Waals surface area (Å²) in [6.45, 7) is 11.8. The molecule has 2 aromatic rings. The van der Waals surface area contributed by atoms with Gasteiger partial charge < -0.3 is 10.2 Å². The molecule has 0 aromatic heterocycles. The highest BCUT2D eigenvalue weighted by Gasteiger charge is 2.32. The molecule has 7 nitrogen and oxygen atoms in total. The summed E-state index contributed by atoms with van der Waals surface area (Å²) in [5, 5.41) is 2.97.